The summed E-state index contributed by atoms with van der Waals surface area (Å²) in [5.74, 6) is -3.75. The van der Waals surface area contributed by atoms with Crippen molar-refractivity contribution in [1.82, 2.24) is 0 Å². The van der Waals surface area contributed by atoms with Crippen LogP contribution in [0.1, 0.15) is 22.0 Å². The molecule has 18 heavy (non-hydrogen) atoms. The lowest BCUT2D eigenvalue weighted by Gasteiger charge is -2.14. The number of halogens is 3. The number of aliphatic carboxylic acids is 1. The fraction of sp³-hybridized carbons (Fsp3) is 0.200. The fourth-order valence-corrected chi connectivity index (χ4v) is 1.31. The highest BCUT2D eigenvalue weighted by molar-refractivity contribution is 5.86. The third-order valence-electron chi connectivity index (χ3n) is 2.04. The van der Waals surface area contributed by atoms with E-state index in [0.717, 1.165) is 6.07 Å². The van der Waals surface area contributed by atoms with Crippen LogP contribution >= 0.6 is 0 Å². The third-order valence-corrected chi connectivity index (χ3v) is 2.04. The maximum atomic E-state index is 13.3. The number of aliphatic hydroxyl groups excluding tert-OH is 1. The molecule has 0 aliphatic rings. The van der Waals surface area contributed by atoms with Crippen molar-refractivity contribution >= 4 is 12.3 Å². The van der Waals surface area contributed by atoms with Gasteiger partial charge in [0.15, 0.2) is 12.4 Å². The van der Waals surface area contributed by atoms with Gasteiger partial charge in [-0.15, -0.1) is 0 Å². The van der Waals surface area contributed by atoms with Gasteiger partial charge in [0, 0.05) is 5.56 Å². The lowest BCUT2D eigenvalue weighted by molar-refractivity contribution is -0.147. The minimum absolute atomic E-state index is 0.0672. The number of ether oxygens (including phenoxy) is 1. The van der Waals surface area contributed by atoms with E-state index in [0.29, 0.717) is 6.07 Å². The Morgan fingerprint density at radius 3 is 2.44 bits per heavy atom. The molecule has 1 aromatic rings. The first-order chi connectivity index (χ1) is 8.38. The molecule has 1 rings (SSSR count). The maximum Gasteiger partial charge on any atom is 0.387 e. The Kier molecular flexibility index (Phi) is 4.27. The first-order valence-electron chi connectivity index (χ1n) is 4.51. The van der Waals surface area contributed by atoms with Gasteiger partial charge in [-0.3, -0.25) is 4.79 Å². The Hall–Kier alpha value is -2.09. The molecule has 0 saturated heterocycles. The number of carbonyl (C=O) groups excluding carboxylic acids is 1. The number of alkyl halides is 2. The van der Waals surface area contributed by atoms with Gasteiger partial charge in [-0.25, -0.2) is 9.18 Å². The van der Waals surface area contributed by atoms with E-state index in [4.69, 9.17) is 5.11 Å². The van der Waals surface area contributed by atoms with Crippen molar-refractivity contribution in [3.63, 3.8) is 0 Å². The van der Waals surface area contributed by atoms with Gasteiger partial charge in [-0.2, -0.15) is 8.78 Å². The molecule has 0 saturated carbocycles. The van der Waals surface area contributed by atoms with E-state index in [1.54, 1.807) is 0 Å². The van der Waals surface area contributed by atoms with Gasteiger partial charge in [-0.05, 0) is 12.1 Å². The molecular weight excluding hydrogens is 257 g/mol. The Bertz CT molecular complexity index is 475. The smallest absolute Gasteiger partial charge is 0.387 e. The predicted molar refractivity (Wildman–Crippen MR) is 51.0 cm³/mol. The number of carbonyl (C=O) groups is 2. The number of aldehydes is 1. The molecule has 0 radical (unpaired) electrons. The molecule has 0 heterocycles. The number of rotatable bonds is 5. The predicted octanol–water partition coefficient (Wildman–Crippen LogP) is 1.36. The SMILES string of the molecule is O=Cc1c(OC(F)F)ccc(F)c1C(O)C(=O)O. The maximum absolute atomic E-state index is 13.3. The zero-order valence-corrected chi connectivity index (χ0v) is 8.64. The molecule has 1 unspecified atom stereocenters. The van der Waals surface area contributed by atoms with Crippen LogP contribution in [-0.2, 0) is 4.79 Å². The van der Waals surface area contributed by atoms with E-state index in [1.165, 1.54) is 0 Å². The van der Waals surface area contributed by atoms with Crippen molar-refractivity contribution in [2.75, 3.05) is 0 Å². The average molecular weight is 264 g/mol. The Morgan fingerprint density at radius 2 is 2.00 bits per heavy atom. The van der Waals surface area contributed by atoms with Gasteiger partial charge in [0.2, 0.25) is 0 Å². The van der Waals surface area contributed by atoms with Crippen LogP contribution in [0.25, 0.3) is 0 Å². The topological polar surface area (TPSA) is 83.8 Å². The molecular formula is C10H7F3O5. The highest BCUT2D eigenvalue weighted by atomic mass is 19.3. The van der Waals surface area contributed by atoms with Crippen molar-refractivity contribution < 1.29 is 37.7 Å². The van der Waals surface area contributed by atoms with Crippen LogP contribution in [0.15, 0.2) is 12.1 Å². The van der Waals surface area contributed by atoms with Crippen LogP contribution in [0.3, 0.4) is 0 Å². The number of carboxylic acid groups (broad SMARTS) is 1. The van der Waals surface area contributed by atoms with E-state index < -0.39 is 41.4 Å². The number of aliphatic hydroxyl groups is 1. The average Bonchev–Trinajstić information content (AvgIpc) is 2.29. The molecule has 8 heteroatoms. The molecule has 0 aliphatic carbocycles. The zero-order chi connectivity index (χ0) is 13.9. The number of benzene rings is 1. The second-order valence-electron chi connectivity index (χ2n) is 3.11. The van der Waals surface area contributed by atoms with Gasteiger partial charge in [0.25, 0.3) is 0 Å². The van der Waals surface area contributed by atoms with Gasteiger partial charge < -0.3 is 14.9 Å². The Balaban J connectivity index is 3.39. The van der Waals surface area contributed by atoms with Crippen LogP contribution in [0.5, 0.6) is 5.75 Å². The summed E-state index contributed by atoms with van der Waals surface area (Å²) < 4.78 is 41.3. The van der Waals surface area contributed by atoms with Gasteiger partial charge >= 0.3 is 12.6 Å². The highest BCUT2D eigenvalue weighted by Gasteiger charge is 2.26. The van der Waals surface area contributed by atoms with Crippen molar-refractivity contribution in [3.8, 4) is 5.75 Å². The summed E-state index contributed by atoms with van der Waals surface area (Å²) in [5.41, 5.74) is -1.69. The molecule has 1 aromatic carbocycles. The first-order valence-corrected chi connectivity index (χ1v) is 4.51. The Labute approximate surface area is 98.4 Å². The summed E-state index contributed by atoms with van der Waals surface area (Å²) in [4.78, 5) is 21.2. The van der Waals surface area contributed by atoms with E-state index in [1.807, 2.05) is 0 Å². The molecule has 5 nitrogen and oxygen atoms in total. The van der Waals surface area contributed by atoms with Crippen molar-refractivity contribution in [1.29, 1.82) is 0 Å². The summed E-state index contributed by atoms with van der Waals surface area (Å²) in [6.07, 6.45) is -2.42. The normalized spacial score (nSPS) is 12.3. The molecule has 0 amide bonds. The zero-order valence-electron chi connectivity index (χ0n) is 8.64. The second-order valence-corrected chi connectivity index (χ2v) is 3.11. The van der Waals surface area contributed by atoms with E-state index in [-0.39, 0.29) is 6.29 Å². The van der Waals surface area contributed by atoms with E-state index >= 15 is 0 Å². The lowest BCUT2D eigenvalue weighted by Crippen LogP contribution is -2.16. The molecule has 98 valence electrons. The lowest BCUT2D eigenvalue weighted by atomic mass is 10.0. The van der Waals surface area contributed by atoms with Crippen molar-refractivity contribution in [3.05, 3.63) is 29.1 Å². The molecule has 1 atom stereocenters. The molecule has 0 spiro atoms. The van der Waals surface area contributed by atoms with Crippen molar-refractivity contribution in [2.45, 2.75) is 12.7 Å². The number of hydrogen-bond acceptors (Lipinski definition) is 4. The summed E-state index contributed by atoms with van der Waals surface area (Å²) in [6.45, 7) is -3.27. The van der Waals surface area contributed by atoms with E-state index in [2.05, 4.69) is 4.74 Å². The Morgan fingerprint density at radius 1 is 1.39 bits per heavy atom. The van der Waals surface area contributed by atoms with Crippen LogP contribution in [0.2, 0.25) is 0 Å². The minimum atomic E-state index is -3.27. The van der Waals surface area contributed by atoms with Gasteiger partial charge in [0.05, 0.1) is 5.56 Å². The summed E-state index contributed by atoms with van der Waals surface area (Å²) >= 11 is 0. The van der Waals surface area contributed by atoms with Crippen LogP contribution in [-0.4, -0.2) is 29.1 Å². The second kappa shape index (κ2) is 5.50. The van der Waals surface area contributed by atoms with E-state index in [9.17, 15) is 27.9 Å². The fourth-order valence-electron chi connectivity index (χ4n) is 1.31. The van der Waals surface area contributed by atoms with Crippen LogP contribution in [0, 0.1) is 5.82 Å². The van der Waals surface area contributed by atoms with Crippen LogP contribution < -0.4 is 4.74 Å². The standard InChI is InChI=1S/C10H7F3O5/c11-5-1-2-6(18-10(12)13)4(3-14)7(5)8(15)9(16)17/h1-3,8,10,15H,(H,16,17). The van der Waals surface area contributed by atoms with Gasteiger partial charge in [0.1, 0.15) is 11.6 Å². The number of carboxylic acids is 1. The van der Waals surface area contributed by atoms with Crippen LogP contribution in [0.4, 0.5) is 13.2 Å². The molecule has 0 fully saturated rings. The third kappa shape index (κ3) is 2.77. The minimum Gasteiger partial charge on any atom is -0.479 e. The van der Waals surface area contributed by atoms with Crippen molar-refractivity contribution in [2.24, 2.45) is 0 Å². The summed E-state index contributed by atoms with van der Waals surface area (Å²) in [7, 11) is 0. The van der Waals surface area contributed by atoms with Gasteiger partial charge in [-0.1, -0.05) is 0 Å². The quantitative estimate of drug-likeness (QED) is 0.784. The summed E-state index contributed by atoms with van der Waals surface area (Å²) in [5, 5.41) is 17.7. The molecule has 2 N–H and O–H groups in total. The molecule has 0 aromatic heterocycles. The highest BCUT2D eigenvalue weighted by Crippen LogP contribution is 2.29. The summed E-state index contributed by atoms with van der Waals surface area (Å²) in [6, 6.07) is 1.36. The molecule has 0 bridgehead atoms. The first kappa shape index (κ1) is 14.0. The number of hydrogen-bond donors (Lipinski definition) is 2. The monoisotopic (exact) mass is 264 g/mol. The molecule has 0 aliphatic heterocycles. The largest absolute Gasteiger partial charge is 0.479 e.